The summed E-state index contributed by atoms with van der Waals surface area (Å²) in [6.07, 6.45) is 2.99. The summed E-state index contributed by atoms with van der Waals surface area (Å²) in [5.74, 6) is 0. The molecular weight excluding hydrogens is 276 g/mol. The molecule has 3 N–H and O–H groups in total. The van der Waals surface area contributed by atoms with Gasteiger partial charge in [0.25, 0.3) is 0 Å². The van der Waals surface area contributed by atoms with Gasteiger partial charge >= 0.3 is 0 Å². The second-order valence-electron chi connectivity index (χ2n) is 5.13. The Kier molecular flexibility index (Phi) is 5.15. The SMILES string of the molecule is Cc1ccc(CN)cc1S(=O)(=O)NCCC1CCCO1. The van der Waals surface area contributed by atoms with Gasteiger partial charge in [-0.3, -0.25) is 0 Å². The van der Waals surface area contributed by atoms with Crippen LogP contribution in [-0.2, 0) is 21.3 Å². The summed E-state index contributed by atoms with van der Waals surface area (Å²) in [6.45, 7) is 3.31. The van der Waals surface area contributed by atoms with E-state index < -0.39 is 10.0 Å². The first kappa shape index (κ1) is 15.4. The maximum Gasteiger partial charge on any atom is 0.240 e. The molecule has 1 aliphatic rings. The van der Waals surface area contributed by atoms with Crippen LogP contribution in [0.2, 0.25) is 0 Å². The maximum absolute atomic E-state index is 12.3. The van der Waals surface area contributed by atoms with Crippen LogP contribution in [0.15, 0.2) is 23.1 Å². The molecule has 1 aliphatic heterocycles. The zero-order chi connectivity index (χ0) is 14.6. The summed E-state index contributed by atoms with van der Waals surface area (Å²) < 4.78 is 32.7. The fraction of sp³-hybridized carbons (Fsp3) is 0.571. The number of hydrogen-bond acceptors (Lipinski definition) is 4. The Bertz CT molecular complexity index is 552. The first-order valence-electron chi connectivity index (χ1n) is 6.94. The molecular formula is C14H22N2O3S. The third kappa shape index (κ3) is 3.79. The molecule has 0 aromatic heterocycles. The molecule has 0 aliphatic carbocycles. The monoisotopic (exact) mass is 298 g/mol. The van der Waals surface area contributed by atoms with Crippen molar-refractivity contribution in [2.45, 2.75) is 43.7 Å². The largest absolute Gasteiger partial charge is 0.378 e. The van der Waals surface area contributed by atoms with Gasteiger partial charge in [-0.15, -0.1) is 0 Å². The van der Waals surface area contributed by atoms with Crippen molar-refractivity contribution in [3.05, 3.63) is 29.3 Å². The summed E-state index contributed by atoms with van der Waals surface area (Å²) in [5.41, 5.74) is 7.11. The minimum Gasteiger partial charge on any atom is -0.378 e. The lowest BCUT2D eigenvalue weighted by Gasteiger charge is -2.12. The van der Waals surface area contributed by atoms with E-state index >= 15 is 0 Å². The van der Waals surface area contributed by atoms with Crippen LogP contribution in [0.25, 0.3) is 0 Å². The minimum atomic E-state index is -3.48. The van der Waals surface area contributed by atoms with Gasteiger partial charge in [-0.2, -0.15) is 0 Å². The zero-order valence-electron chi connectivity index (χ0n) is 11.8. The van der Waals surface area contributed by atoms with E-state index in [2.05, 4.69) is 4.72 Å². The summed E-state index contributed by atoms with van der Waals surface area (Å²) in [6, 6.07) is 5.28. The second-order valence-corrected chi connectivity index (χ2v) is 6.86. The highest BCUT2D eigenvalue weighted by Gasteiger charge is 2.19. The Labute approximate surface area is 120 Å². The van der Waals surface area contributed by atoms with E-state index in [0.29, 0.717) is 18.0 Å². The number of benzene rings is 1. The normalized spacial score (nSPS) is 19.4. The molecule has 0 bridgehead atoms. The summed E-state index contributed by atoms with van der Waals surface area (Å²) in [4.78, 5) is 0.313. The zero-order valence-corrected chi connectivity index (χ0v) is 12.6. The summed E-state index contributed by atoms with van der Waals surface area (Å²) >= 11 is 0. The fourth-order valence-electron chi connectivity index (χ4n) is 2.37. The summed E-state index contributed by atoms with van der Waals surface area (Å²) in [5, 5.41) is 0. The number of nitrogens with two attached hydrogens (primary N) is 1. The number of aryl methyl sites for hydroxylation is 1. The molecule has 6 heteroatoms. The first-order chi connectivity index (χ1) is 9.53. The molecule has 1 unspecified atom stereocenters. The van der Waals surface area contributed by atoms with Gasteiger partial charge in [0.2, 0.25) is 10.0 Å². The Balaban J connectivity index is 2.01. The van der Waals surface area contributed by atoms with Crippen molar-refractivity contribution in [3.8, 4) is 0 Å². The van der Waals surface area contributed by atoms with Crippen LogP contribution in [0.4, 0.5) is 0 Å². The molecule has 1 atom stereocenters. The van der Waals surface area contributed by atoms with Gasteiger partial charge in [0.05, 0.1) is 11.0 Å². The van der Waals surface area contributed by atoms with E-state index in [4.69, 9.17) is 10.5 Å². The van der Waals surface area contributed by atoms with E-state index in [1.807, 2.05) is 6.07 Å². The van der Waals surface area contributed by atoms with Crippen LogP contribution in [0.5, 0.6) is 0 Å². The Hall–Kier alpha value is -0.950. The van der Waals surface area contributed by atoms with Crippen LogP contribution in [0.1, 0.15) is 30.4 Å². The van der Waals surface area contributed by atoms with Crippen LogP contribution >= 0.6 is 0 Å². The highest BCUT2D eigenvalue weighted by atomic mass is 32.2. The average molecular weight is 298 g/mol. The van der Waals surface area contributed by atoms with Crippen molar-refractivity contribution in [2.24, 2.45) is 5.73 Å². The predicted octanol–water partition coefficient (Wildman–Crippen LogP) is 1.30. The van der Waals surface area contributed by atoms with Crippen molar-refractivity contribution < 1.29 is 13.2 Å². The highest BCUT2D eigenvalue weighted by Crippen LogP contribution is 2.18. The van der Waals surface area contributed by atoms with Crippen molar-refractivity contribution in [3.63, 3.8) is 0 Å². The standard InChI is InChI=1S/C14H22N2O3S/c1-11-4-5-12(10-15)9-14(11)20(17,18)16-7-6-13-3-2-8-19-13/h4-5,9,13,16H,2-3,6-8,10,15H2,1H3. The van der Waals surface area contributed by atoms with Crippen molar-refractivity contribution >= 4 is 10.0 Å². The minimum absolute atomic E-state index is 0.189. The summed E-state index contributed by atoms with van der Waals surface area (Å²) in [7, 11) is -3.48. The average Bonchev–Trinajstić information content (AvgIpc) is 2.92. The Morgan fingerprint density at radius 2 is 2.25 bits per heavy atom. The highest BCUT2D eigenvalue weighted by molar-refractivity contribution is 7.89. The third-order valence-corrected chi connectivity index (χ3v) is 5.16. The van der Waals surface area contributed by atoms with Gasteiger partial charge in [-0.05, 0) is 43.4 Å². The molecule has 1 aromatic carbocycles. The Morgan fingerprint density at radius 3 is 2.90 bits per heavy atom. The fourth-order valence-corrected chi connectivity index (χ4v) is 3.71. The number of sulfonamides is 1. The molecule has 112 valence electrons. The Morgan fingerprint density at radius 1 is 1.45 bits per heavy atom. The van der Waals surface area contributed by atoms with E-state index in [1.54, 1.807) is 19.1 Å². The lowest BCUT2D eigenvalue weighted by molar-refractivity contribution is 0.105. The van der Waals surface area contributed by atoms with E-state index in [0.717, 1.165) is 37.0 Å². The van der Waals surface area contributed by atoms with Gasteiger partial charge in [-0.25, -0.2) is 13.1 Å². The van der Waals surface area contributed by atoms with Gasteiger partial charge in [0.1, 0.15) is 0 Å². The first-order valence-corrected chi connectivity index (χ1v) is 8.42. The number of hydrogen-bond donors (Lipinski definition) is 2. The smallest absolute Gasteiger partial charge is 0.240 e. The molecule has 2 rings (SSSR count). The van der Waals surface area contributed by atoms with Gasteiger partial charge in [0.15, 0.2) is 0 Å². The molecule has 0 saturated carbocycles. The van der Waals surface area contributed by atoms with Gasteiger partial charge in [0, 0.05) is 19.7 Å². The quantitative estimate of drug-likeness (QED) is 0.829. The molecule has 0 spiro atoms. The number of rotatable bonds is 6. The molecule has 1 aromatic rings. The van der Waals surface area contributed by atoms with Crippen molar-refractivity contribution in [1.29, 1.82) is 0 Å². The van der Waals surface area contributed by atoms with E-state index in [-0.39, 0.29) is 6.10 Å². The molecule has 1 fully saturated rings. The van der Waals surface area contributed by atoms with Gasteiger partial charge < -0.3 is 10.5 Å². The van der Waals surface area contributed by atoms with Crippen LogP contribution in [0, 0.1) is 6.92 Å². The maximum atomic E-state index is 12.3. The molecule has 1 saturated heterocycles. The lowest BCUT2D eigenvalue weighted by Crippen LogP contribution is -2.28. The predicted molar refractivity (Wildman–Crippen MR) is 77.8 cm³/mol. The molecule has 20 heavy (non-hydrogen) atoms. The van der Waals surface area contributed by atoms with E-state index in [9.17, 15) is 8.42 Å². The van der Waals surface area contributed by atoms with Crippen LogP contribution in [-0.4, -0.2) is 27.7 Å². The topological polar surface area (TPSA) is 81.4 Å². The van der Waals surface area contributed by atoms with Crippen molar-refractivity contribution in [2.75, 3.05) is 13.2 Å². The van der Waals surface area contributed by atoms with E-state index in [1.165, 1.54) is 0 Å². The number of nitrogens with one attached hydrogen (secondary N) is 1. The molecule has 1 heterocycles. The van der Waals surface area contributed by atoms with Crippen molar-refractivity contribution in [1.82, 2.24) is 4.72 Å². The molecule has 0 amide bonds. The number of ether oxygens (including phenoxy) is 1. The third-order valence-electron chi connectivity index (χ3n) is 3.56. The second kappa shape index (κ2) is 6.67. The van der Waals surface area contributed by atoms with Crippen LogP contribution in [0.3, 0.4) is 0 Å². The molecule has 5 nitrogen and oxygen atoms in total. The van der Waals surface area contributed by atoms with Crippen LogP contribution < -0.4 is 10.5 Å². The molecule has 0 radical (unpaired) electrons. The van der Waals surface area contributed by atoms with Gasteiger partial charge in [-0.1, -0.05) is 12.1 Å². The lowest BCUT2D eigenvalue weighted by atomic mass is 10.1.